The highest BCUT2D eigenvalue weighted by molar-refractivity contribution is 9.10. The second kappa shape index (κ2) is 6.42. The van der Waals surface area contributed by atoms with Crippen LogP contribution in [0.5, 0.6) is 0 Å². The molecule has 90 valence electrons. The molecule has 5 heteroatoms. The molecule has 2 heterocycles. The molecule has 1 aliphatic heterocycles. The Morgan fingerprint density at radius 1 is 1.56 bits per heavy atom. The van der Waals surface area contributed by atoms with E-state index in [0.29, 0.717) is 6.04 Å². The highest BCUT2D eigenvalue weighted by Crippen LogP contribution is 2.15. The van der Waals surface area contributed by atoms with Crippen molar-refractivity contribution in [2.24, 2.45) is 0 Å². The standard InChI is InChI=1S/C11H16BrN3.ClH/c1-15(8-10-3-2-6-13-10)11-5-4-9(12)7-14-11;/h4-5,7,10,13H,2-3,6,8H2,1H3;1H. The molecule has 0 spiro atoms. The second-order valence-electron chi connectivity index (χ2n) is 4.01. The van der Waals surface area contributed by atoms with Crippen molar-refractivity contribution >= 4 is 34.2 Å². The number of hydrogen-bond acceptors (Lipinski definition) is 3. The van der Waals surface area contributed by atoms with E-state index in [9.17, 15) is 0 Å². The van der Waals surface area contributed by atoms with Crippen LogP contribution in [-0.2, 0) is 0 Å². The fourth-order valence-corrected chi connectivity index (χ4v) is 2.17. The van der Waals surface area contributed by atoms with Gasteiger partial charge in [-0.15, -0.1) is 12.4 Å². The topological polar surface area (TPSA) is 28.2 Å². The van der Waals surface area contributed by atoms with E-state index in [0.717, 1.165) is 23.4 Å². The fraction of sp³-hybridized carbons (Fsp3) is 0.545. The quantitative estimate of drug-likeness (QED) is 0.930. The molecule has 1 unspecified atom stereocenters. The van der Waals surface area contributed by atoms with Gasteiger partial charge in [0.15, 0.2) is 0 Å². The first-order chi connectivity index (χ1) is 7.25. The van der Waals surface area contributed by atoms with Crippen LogP contribution >= 0.6 is 28.3 Å². The van der Waals surface area contributed by atoms with Gasteiger partial charge in [0, 0.05) is 30.3 Å². The van der Waals surface area contributed by atoms with Gasteiger partial charge >= 0.3 is 0 Å². The lowest BCUT2D eigenvalue weighted by Crippen LogP contribution is -2.35. The molecule has 0 saturated carbocycles. The third kappa shape index (κ3) is 3.61. The van der Waals surface area contributed by atoms with Gasteiger partial charge < -0.3 is 10.2 Å². The van der Waals surface area contributed by atoms with Crippen LogP contribution in [0.4, 0.5) is 5.82 Å². The summed E-state index contributed by atoms with van der Waals surface area (Å²) in [6, 6.07) is 4.69. The van der Waals surface area contributed by atoms with Gasteiger partial charge in [0.25, 0.3) is 0 Å². The van der Waals surface area contributed by atoms with Crippen LogP contribution in [0.25, 0.3) is 0 Å². The van der Waals surface area contributed by atoms with Crippen LogP contribution < -0.4 is 10.2 Å². The number of anilines is 1. The van der Waals surface area contributed by atoms with Crippen LogP contribution in [0, 0.1) is 0 Å². The Labute approximate surface area is 111 Å². The monoisotopic (exact) mass is 305 g/mol. The zero-order valence-electron chi connectivity index (χ0n) is 9.32. The molecule has 1 saturated heterocycles. The lowest BCUT2D eigenvalue weighted by Gasteiger charge is -2.22. The molecule has 3 nitrogen and oxygen atoms in total. The Morgan fingerprint density at radius 2 is 2.38 bits per heavy atom. The fourth-order valence-electron chi connectivity index (χ4n) is 1.93. The first kappa shape index (κ1) is 13.7. The molecule has 1 N–H and O–H groups in total. The summed E-state index contributed by atoms with van der Waals surface area (Å²) in [6.07, 6.45) is 4.42. The number of pyridine rings is 1. The van der Waals surface area contributed by atoms with Crippen LogP contribution in [-0.4, -0.2) is 31.2 Å². The Kier molecular flexibility index (Phi) is 5.52. The Balaban J connectivity index is 0.00000128. The minimum Gasteiger partial charge on any atom is -0.358 e. The van der Waals surface area contributed by atoms with Crippen molar-refractivity contribution in [2.75, 3.05) is 25.0 Å². The van der Waals surface area contributed by atoms with Crippen LogP contribution in [0.15, 0.2) is 22.8 Å². The van der Waals surface area contributed by atoms with E-state index in [1.54, 1.807) is 0 Å². The van der Waals surface area contributed by atoms with Gasteiger partial charge in [-0.2, -0.15) is 0 Å². The van der Waals surface area contributed by atoms with Crippen LogP contribution in [0.3, 0.4) is 0 Å². The maximum absolute atomic E-state index is 4.37. The molecule has 2 rings (SSSR count). The van der Waals surface area contributed by atoms with Gasteiger partial charge in [-0.3, -0.25) is 0 Å². The summed E-state index contributed by atoms with van der Waals surface area (Å²) in [4.78, 5) is 6.58. The molecule has 0 aliphatic carbocycles. The van der Waals surface area contributed by atoms with Crippen molar-refractivity contribution in [2.45, 2.75) is 18.9 Å². The molecule has 0 aromatic carbocycles. The Bertz CT molecular complexity index is 312. The maximum atomic E-state index is 4.37. The zero-order valence-corrected chi connectivity index (χ0v) is 11.7. The van der Waals surface area contributed by atoms with E-state index in [1.165, 1.54) is 12.8 Å². The van der Waals surface area contributed by atoms with E-state index < -0.39 is 0 Å². The Hall–Kier alpha value is -0.320. The van der Waals surface area contributed by atoms with Crippen molar-refractivity contribution in [1.82, 2.24) is 10.3 Å². The smallest absolute Gasteiger partial charge is 0.128 e. The number of aromatic nitrogens is 1. The van der Waals surface area contributed by atoms with Gasteiger partial charge in [0.2, 0.25) is 0 Å². The molecule has 1 fully saturated rings. The molecule has 0 bridgehead atoms. The van der Waals surface area contributed by atoms with Gasteiger partial charge in [-0.1, -0.05) is 0 Å². The van der Waals surface area contributed by atoms with Gasteiger partial charge in [-0.25, -0.2) is 4.98 Å². The zero-order chi connectivity index (χ0) is 10.7. The minimum atomic E-state index is 0. The lowest BCUT2D eigenvalue weighted by molar-refractivity contribution is 0.597. The number of hydrogen-bond donors (Lipinski definition) is 1. The predicted octanol–water partition coefficient (Wildman–Crippen LogP) is 2.45. The molecule has 0 radical (unpaired) electrons. The van der Waals surface area contributed by atoms with E-state index in [4.69, 9.17) is 0 Å². The highest BCUT2D eigenvalue weighted by Gasteiger charge is 2.16. The summed E-state index contributed by atoms with van der Waals surface area (Å²) >= 11 is 3.39. The molecule has 1 aromatic heterocycles. The lowest BCUT2D eigenvalue weighted by atomic mass is 10.2. The summed E-state index contributed by atoms with van der Waals surface area (Å²) in [6.45, 7) is 2.20. The predicted molar refractivity (Wildman–Crippen MR) is 73.5 cm³/mol. The third-order valence-corrected chi connectivity index (χ3v) is 3.23. The average Bonchev–Trinajstić information content (AvgIpc) is 2.71. The summed E-state index contributed by atoms with van der Waals surface area (Å²) < 4.78 is 1.03. The second-order valence-corrected chi connectivity index (χ2v) is 4.92. The Morgan fingerprint density at radius 3 is 2.94 bits per heavy atom. The number of likely N-dealkylation sites (N-methyl/N-ethyl adjacent to an activating group) is 1. The maximum Gasteiger partial charge on any atom is 0.128 e. The van der Waals surface area contributed by atoms with Gasteiger partial charge in [-0.05, 0) is 47.4 Å². The largest absolute Gasteiger partial charge is 0.358 e. The van der Waals surface area contributed by atoms with Crippen LogP contribution in [0.2, 0.25) is 0 Å². The molecule has 0 amide bonds. The van der Waals surface area contributed by atoms with Gasteiger partial charge in [0.1, 0.15) is 5.82 Å². The minimum absolute atomic E-state index is 0. The number of nitrogens with one attached hydrogen (secondary N) is 1. The molecule has 1 atom stereocenters. The van der Waals surface area contributed by atoms with Gasteiger partial charge in [0.05, 0.1) is 0 Å². The van der Waals surface area contributed by atoms with Crippen molar-refractivity contribution in [3.05, 3.63) is 22.8 Å². The number of halogens is 2. The number of rotatable bonds is 3. The van der Waals surface area contributed by atoms with E-state index in [2.05, 4.69) is 38.2 Å². The van der Waals surface area contributed by atoms with E-state index >= 15 is 0 Å². The summed E-state index contributed by atoms with van der Waals surface area (Å²) in [5.74, 6) is 1.03. The number of nitrogens with zero attached hydrogens (tertiary/aromatic N) is 2. The van der Waals surface area contributed by atoms with E-state index in [1.807, 2.05) is 18.3 Å². The van der Waals surface area contributed by atoms with Crippen LogP contribution in [0.1, 0.15) is 12.8 Å². The summed E-state index contributed by atoms with van der Waals surface area (Å²) in [5, 5.41) is 3.49. The molecule has 16 heavy (non-hydrogen) atoms. The first-order valence-corrected chi connectivity index (χ1v) is 6.11. The normalized spacial score (nSPS) is 19.2. The first-order valence-electron chi connectivity index (χ1n) is 5.32. The van der Waals surface area contributed by atoms with E-state index in [-0.39, 0.29) is 12.4 Å². The molecule has 1 aromatic rings. The summed E-state index contributed by atoms with van der Waals surface area (Å²) in [5.41, 5.74) is 0. The SMILES string of the molecule is CN(CC1CCCN1)c1ccc(Br)cn1.Cl. The van der Waals surface area contributed by atoms with Crippen molar-refractivity contribution in [3.8, 4) is 0 Å². The van der Waals surface area contributed by atoms with Crippen molar-refractivity contribution in [1.29, 1.82) is 0 Å². The highest BCUT2D eigenvalue weighted by atomic mass is 79.9. The summed E-state index contributed by atoms with van der Waals surface area (Å²) in [7, 11) is 2.09. The van der Waals surface area contributed by atoms with Crippen molar-refractivity contribution in [3.63, 3.8) is 0 Å². The molecular weight excluding hydrogens is 289 g/mol. The van der Waals surface area contributed by atoms with Crippen molar-refractivity contribution < 1.29 is 0 Å². The molecule has 1 aliphatic rings. The average molecular weight is 307 g/mol. The molecular formula is C11H17BrClN3. The third-order valence-electron chi connectivity index (χ3n) is 2.76.